The van der Waals surface area contributed by atoms with Crippen LogP contribution in [-0.2, 0) is 11.3 Å². The second-order valence-electron chi connectivity index (χ2n) is 7.14. The van der Waals surface area contributed by atoms with Crippen molar-refractivity contribution in [1.29, 1.82) is 0 Å². The van der Waals surface area contributed by atoms with E-state index < -0.39 is 0 Å². The van der Waals surface area contributed by atoms with E-state index in [9.17, 15) is 9.18 Å². The van der Waals surface area contributed by atoms with Crippen molar-refractivity contribution in [3.05, 3.63) is 52.9 Å². The molecule has 0 aliphatic carbocycles. The van der Waals surface area contributed by atoms with Crippen LogP contribution in [0.25, 0.3) is 0 Å². The van der Waals surface area contributed by atoms with Gasteiger partial charge in [-0.25, -0.2) is 9.37 Å². The standard InChI is InChI=1S/C20H24ClFN4O2/c1-13-10-26(19(27)12-28-20-18(23)7-16(21)8-24-20)14(2)9-25(13)11-15-3-5-17(22)6-4-15/h3-8,13-14H,9-12,23H2,1-2H3/t13-,14+/m0/s1. The number of aromatic nitrogens is 1. The summed E-state index contributed by atoms with van der Waals surface area (Å²) < 4.78 is 18.6. The van der Waals surface area contributed by atoms with E-state index in [0.717, 1.165) is 18.7 Å². The van der Waals surface area contributed by atoms with E-state index >= 15 is 0 Å². The summed E-state index contributed by atoms with van der Waals surface area (Å²) >= 11 is 5.82. The van der Waals surface area contributed by atoms with Crippen molar-refractivity contribution in [2.75, 3.05) is 25.4 Å². The van der Waals surface area contributed by atoms with E-state index in [-0.39, 0.29) is 36.3 Å². The molecule has 0 radical (unpaired) electrons. The lowest BCUT2D eigenvalue weighted by molar-refractivity contribution is -0.139. The summed E-state index contributed by atoms with van der Waals surface area (Å²) in [6.45, 7) is 5.99. The maximum atomic E-state index is 13.1. The Kier molecular flexibility index (Phi) is 6.36. The summed E-state index contributed by atoms with van der Waals surface area (Å²) in [5.41, 5.74) is 7.16. The predicted octanol–water partition coefficient (Wildman–Crippen LogP) is 2.96. The molecule has 0 spiro atoms. The Balaban J connectivity index is 1.57. The molecular weight excluding hydrogens is 383 g/mol. The Hall–Kier alpha value is -2.38. The van der Waals surface area contributed by atoms with Gasteiger partial charge in [-0.05, 0) is 37.6 Å². The van der Waals surface area contributed by atoms with Gasteiger partial charge in [-0.2, -0.15) is 0 Å². The van der Waals surface area contributed by atoms with Gasteiger partial charge in [0.1, 0.15) is 5.82 Å². The number of nitrogens with two attached hydrogens (primary N) is 1. The zero-order valence-corrected chi connectivity index (χ0v) is 16.7. The highest BCUT2D eigenvalue weighted by atomic mass is 35.5. The number of ether oxygens (including phenoxy) is 1. The Bertz CT molecular complexity index is 833. The molecule has 2 N–H and O–H groups in total. The molecule has 3 rings (SSSR count). The number of carbonyl (C=O) groups is 1. The molecule has 6 nitrogen and oxygen atoms in total. The van der Waals surface area contributed by atoms with Gasteiger partial charge in [-0.3, -0.25) is 9.69 Å². The minimum Gasteiger partial charge on any atom is -0.466 e. The number of nitrogen functional groups attached to an aromatic ring is 1. The Morgan fingerprint density at radius 3 is 2.68 bits per heavy atom. The summed E-state index contributed by atoms with van der Waals surface area (Å²) in [5, 5.41) is 0.413. The second-order valence-corrected chi connectivity index (χ2v) is 7.57. The van der Waals surface area contributed by atoms with Crippen LogP contribution in [-0.4, -0.2) is 52.5 Å². The molecule has 28 heavy (non-hydrogen) atoms. The second kappa shape index (κ2) is 8.75. The third-order valence-electron chi connectivity index (χ3n) is 4.91. The molecule has 1 saturated heterocycles. The maximum Gasteiger partial charge on any atom is 0.260 e. The molecule has 2 heterocycles. The number of carbonyl (C=O) groups excluding carboxylic acids is 1. The SMILES string of the molecule is C[C@@H]1CN(Cc2ccc(F)cc2)[C@@H](C)CN1C(=O)COc1ncc(Cl)cc1N. The number of benzene rings is 1. The average molecular weight is 407 g/mol. The highest BCUT2D eigenvalue weighted by molar-refractivity contribution is 6.30. The van der Waals surface area contributed by atoms with Gasteiger partial charge in [0.15, 0.2) is 6.61 Å². The van der Waals surface area contributed by atoms with Gasteiger partial charge in [0.2, 0.25) is 5.88 Å². The van der Waals surface area contributed by atoms with Crippen LogP contribution in [0.5, 0.6) is 5.88 Å². The molecule has 1 aliphatic rings. The number of anilines is 1. The zero-order valence-electron chi connectivity index (χ0n) is 15.9. The van der Waals surface area contributed by atoms with E-state index in [4.69, 9.17) is 22.1 Å². The first-order valence-corrected chi connectivity index (χ1v) is 9.53. The zero-order chi connectivity index (χ0) is 20.3. The molecular formula is C20H24ClFN4O2. The molecule has 1 aromatic heterocycles. The van der Waals surface area contributed by atoms with Crippen molar-refractivity contribution in [1.82, 2.24) is 14.8 Å². The van der Waals surface area contributed by atoms with Gasteiger partial charge in [-0.15, -0.1) is 0 Å². The van der Waals surface area contributed by atoms with Crippen LogP contribution in [0.3, 0.4) is 0 Å². The quantitative estimate of drug-likeness (QED) is 0.826. The fraction of sp³-hybridized carbons (Fsp3) is 0.400. The van der Waals surface area contributed by atoms with Crippen molar-refractivity contribution in [3.63, 3.8) is 0 Å². The van der Waals surface area contributed by atoms with Gasteiger partial charge in [0.05, 0.1) is 10.7 Å². The number of amides is 1. The fourth-order valence-electron chi connectivity index (χ4n) is 3.37. The fourth-order valence-corrected chi connectivity index (χ4v) is 3.53. The van der Waals surface area contributed by atoms with Crippen molar-refractivity contribution >= 4 is 23.2 Å². The number of rotatable bonds is 5. The van der Waals surface area contributed by atoms with E-state index in [1.54, 1.807) is 12.1 Å². The molecule has 1 aromatic carbocycles. The molecule has 0 bridgehead atoms. The predicted molar refractivity (Wildman–Crippen MR) is 107 cm³/mol. The van der Waals surface area contributed by atoms with Crippen LogP contribution in [0.2, 0.25) is 5.02 Å². The summed E-state index contributed by atoms with van der Waals surface area (Å²) in [6, 6.07) is 8.26. The topological polar surface area (TPSA) is 71.7 Å². The Morgan fingerprint density at radius 1 is 1.29 bits per heavy atom. The molecule has 8 heteroatoms. The molecule has 0 saturated carbocycles. The summed E-state index contributed by atoms with van der Waals surface area (Å²) in [7, 11) is 0. The lowest BCUT2D eigenvalue weighted by Crippen LogP contribution is -2.58. The van der Waals surface area contributed by atoms with Gasteiger partial charge in [0, 0.05) is 37.9 Å². The Morgan fingerprint density at radius 2 is 2.00 bits per heavy atom. The lowest BCUT2D eigenvalue weighted by atomic mass is 10.1. The monoisotopic (exact) mass is 406 g/mol. The van der Waals surface area contributed by atoms with Crippen LogP contribution in [0.15, 0.2) is 36.5 Å². The minimum absolute atomic E-state index is 0.0308. The first kappa shape index (κ1) is 20.4. The minimum atomic E-state index is -0.239. The van der Waals surface area contributed by atoms with Crippen molar-refractivity contribution in [3.8, 4) is 5.88 Å². The van der Waals surface area contributed by atoms with Crippen LogP contribution in [0, 0.1) is 5.82 Å². The smallest absolute Gasteiger partial charge is 0.260 e. The molecule has 0 unspecified atom stereocenters. The van der Waals surface area contributed by atoms with Crippen LogP contribution in [0.4, 0.5) is 10.1 Å². The van der Waals surface area contributed by atoms with Crippen molar-refractivity contribution in [2.24, 2.45) is 0 Å². The Labute approximate surface area is 169 Å². The number of hydrogen-bond acceptors (Lipinski definition) is 5. The molecule has 150 valence electrons. The van der Waals surface area contributed by atoms with E-state index in [0.29, 0.717) is 17.3 Å². The maximum absolute atomic E-state index is 13.1. The first-order chi connectivity index (χ1) is 13.3. The van der Waals surface area contributed by atoms with E-state index in [2.05, 4.69) is 16.8 Å². The number of piperazine rings is 1. The lowest BCUT2D eigenvalue weighted by Gasteiger charge is -2.44. The van der Waals surface area contributed by atoms with Crippen molar-refractivity contribution in [2.45, 2.75) is 32.5 Å². The molecule has 1 fully saturated rings. The number of nitrogens with zero attached hydrogens (tertiary/aromatic N) is 3. The summed E-state index contributed by atoms with van der Waals surface area (Å²) in [6.07, 6.45) is 1.43. The van der Waals surface area contributed by atoms with Gasteiger partial charge in [0.25, 0.3) is 5.91 Å². The number of pyridine rings is 1. The normalized spacial score (nSPS) is 20.2. The van der Waals surface area contributed by atoms with Gasteiger partial charge < -0.3 is 15.4 Å². The number of hydrogen-bond donors (Lipinski definition) is 1. The van der Waals surface area contributed by atoms with E-state index in [1.807, 2.05) is 11.8 Å². The number of halogens is 2. The molecule has 2 aromatic rings. The molecule has 1 aliphatic heterocycles. The summed E-state index contributed by atoms with van der Waals surface area (Å²) in [5.74, 6) is -0.151. The van der Waals surface area contributed by atoms with Crippen LogP contribution in [0.1, 0.15) is 19.4 Å². The highest BCUT2D eigenvalue weighted by Crippen LogP contribution is 2.22. The largest absolute Gasteiger partial charge is 0.466 e. The van der Waals surface area contributed by atoms with Crippen LogP contribution < -0.4 is 10.5 Å². The highest BCUT2D eigenvalue weighted by Gasteiger charge is 2.32. The third kappa shape index (κ3) is 4.91. The van der Waals surface area contributed by atoms with Crippen LogP contribution >= 0.6 is 11.6 Å². The molecule has 1 amide bonds. The van der Waals surface area contributed by atoms with Crippen molar-refractivity contribution < 1.29 is 13.9 Å². The van der Waals surface area contributed by atoms with E-state index in [1.165, 1.54) is 24.4 Å². The van der Waals surface area contributed by atoms with Gasteiger partial charge in [-0.1, -0.05) is 23.7 Å². The van der Waals surface area contributed by atoms with Gasteiger partial charge >= 0.3 is 0 Å². The first-order valence-electron chi connectivity index (χ1n) is 9.15. The summed E-state index contributed by atoms with van der Waals surface area (Å²) in [4.78, 5) is 20.8. The molecule has 2 atom stereocenters. The third-order valence-corrected chi connectivity index (χ3v) is 5.12. The average Bonchev–Trinajstić information content (AvgIpc) is 2.65.